The average molecular weight is 534 g/mol. The minimum Gasteiger partial charge on any atom is -0.474 e. The van der Waals surface area contributed by atoms with Crippen LogP contribution >= 0.6 is 0 Å². The maximum absolute atomic E-state index is 12.8. The van der Waals surface area contributed by atoms with E-state index in [-0.39, 0.29) is 31.1 Å². The molecule has 0 radical (unpaired) electrons. The van der Waals surface area contributed by atoms with Gasteiger partial charge in [0.1, 0.15) is 30.7 Å². The highest BCUT2D eigenvalue weighted by Gasteiger charge is 2.24. The Balaban J connectivity index is 1.27. The number of amides is 2. The van der Waals surface area contributed by atoms with Crippen LogP contribution in [0.1, 0.15) is 24.8 Å². The van der Waals surface area contributed by atoms with Crippen LogP contribution in [0.2, 0.25) is 0 Å². The van der Waals surface area contributed by atoms with E-state index in [1.807, 2.05) is 4.90 Å². The standard InChI is InChI=1S/C22H31N9O5S/c1-37(33,34)28-7-12-35-27-14-18-20(23)25-15-26-21(18)30-8-10-31(11-9-30)22(32)29-16-5-6-19(24-13-16)36-17-3-2-4-17/h5-6,13-15,17,28H,2-4,7-12H2,1H3,(H,29,32)(H2,23,25,26). The molecule has 2 aromatic heterocycles. The number of anilines is 3. The first-order chi connectivity index (χ1) is 17.8. The number of nitrogens with zero attached hydrogens (tertiary/aromatic N) is 6. The van der Waals surface area contributed by atoms with Crippen LogP contribution in [0.4, 0.5) is 22.1 Å². The number of nitrogens with one attached hydrogen (secondary N) is 2. The number of carbonyl (C=O) groups is 1. The number of urea groups is 1. The molecular formula is C22H31N9O5S. The first-order valence-corrected chi connectivity index (χ1v) is 13.8. The summed E-state index contributed by atoms with van der Waals surface area (Å²) in [6.45, 7) is 2.12. The minimum absolute atomic E-state index is 0.0477. The Bertz CT molecular complexity index is 1200. The van der Waals surface area contributed by atoms with Crippen LogP contribution in [0.25, 0.3) is 0 Å². The summed E-state index contributed by atoms with van der Waals surface area (Å²) in [5.74, 6) is 1.36. The fourth-order valence-corrected chi connectivity index (χ4v) is 4.15. The molecule has 2 amide bonds. The molecule has 3 heterocycles. The van der Waals surface area contributed by atoms with Crippen LogP contribution in [0.15, 0.2) is 29.8 Å². The molecule has 2 fully saturated rings. The second kappa shape index (κ2) is 12.0. The number of hydrogen-bond donors (Lipinski definition) is 3. The van der Waals surface area contributed by atoms with Crippen molar-refractivity contribution < 1.29 is 22.8 Å². The highest BCUT2D eigenvalue weighted by atomic mass is 32.2. The van der Waals surface area contributed by atoms with Crippen LogP contribution in [0.3, 0.4) is 0 Å². The van der Waals surface area contributed by atoms with Crippen molar-refractivity contribution in [1.82, 2.24) is 24.6 Å². The molecule has 14 nitrogen and oxygen atoms in total. The summed E-state index contributed by atoms with van der Waals surface area (Å²) in [6, 6.07) is 3.33. The number of nitrogen functional groups attached to an aromatic ring is 1. The molecule has 37 heavy (non-hydrogen) atoms. The SMILES string of the molecule is CS(=O)(=O)NCCON=Cc1c(N)ncnc1N1CCN(C(=O)Nc2ccc(OC3CCC3)nc2)CC1. The molecule has 1 aliphatic heterocycles. The Labute approximate surface area is 215 Å². The average Bonchev–Trinajstić information content (AvgIpc) is 2.84. The van der Waals surface area contributed by atoms with E-state index in [1.54, 1.807) is 23.2 Å². The summed E-state index contributed by atoms with van der Waals surface area (Å²) in [5, 5.41) is 6.74. The van der Waals surface area contributed by atoms with Crippen molar-refractivity contribution in [3.63, 3.8) is 0 Å². The zero-order valence-electron chi connectivity index (χ0n) is 20.5. The third-order valence-corrected chi connectivity index (χ3v) is 6.63. The lowest BCUT2D eigenvalue weighted by molar-refractivity contribution is 0.114. The van der Waals surface area contributed by atoms with Gasteiger partial charge in [0, 0.05) is 38.8 Å². The Morgan fingerprint density at radius 2 is 2.00 bits per heavy atom. The fourth-order valence-electron chi connectivity index (χ4n) is 3.70. The third kappa shape index (κ3) is 7.63. The number of nitrogens with two attached hydrogens (primary N) is 1. The van der Waals surface area contributed by atoms with E-state index in [1.165, 1.54) is 19.0 Å². The Kier molecular flexibility index (Phi) is 8.55. The van der Waals surface area contributed by atoms with Gasteiger partial charge in [-0.05, 0) is 25.3 Å². The number of aromatic nitrogens is 3. The number of sulfonamides is 1. The van der Waals surface area contributed by atoms with E-state index >= 15 is 0 Å². The zero-order chi connectivity index (χ0) is 26.3. The maximum Gasteiger partial charge on any atom is 0.322 e. The van der Waals surface area contributed by atoms with Gasteiger partial charge >= 0.3 is 6.03 Å². The molecule has 15 heteroatoms. The van der Waals surface area contributed by atoms with Gasteiger partial charge in [-0.1, -0.05) is 5.16 Å². The monoisotopic (exact) mass is 533 g/mol. The molecule has 200 valence electrons. The Hall–Kier alpha value is -3.72. The molecule has 4 rings (SSSR count). The van der Waals surface area contributed by atoms with E-state index in [0.29, 0.717) is 49.1 Å². The van der Waals surface area contributed by atoms with Crippen LogP contribution in [-0.4, -0.2) is 92.2 Å². The van der Waals surface area contributed by atoms with Crippen molar-refractivity contribution in [2.24, 2.45) is 5.16 Å². The first-order valence-electron chi connectivity index (χ1n) is 11.9. The number of hydrogen-bond acceptors (Lipinski definition) is 11. The Morgan fingerprint density at radius 3 is 2.65 bits per heavy atom. The predicted octanol–water partition coefficient (Wildman–Crippen LogP) is 0.639. The van der Waals surface area contributed by atoms with Gasteiger partial charge in [-0.3, -0.25) is 0 Å². The van der Waals surface area contributed by atoms with E-state index in [2.05, 4.69) is 30.1 Å². The topological polar surface area (TPSA) is 177 Å². The van der Waals surface area contributed by atoms with Crippen LogP contribution in [-0.2, 0) is 14.9 Å². The summed E-state index contributed by atoms with van der Waals surface area (Å²) in [6.07, 6.45) is 8.97. The molecule has 2 aliphatic rings. The fraction of sp³-hybridized carbons (Fsp3) is 0.500. The zero-order valence-corrected chi connectivity index (χ0v) is 21.4. The quantitative estimate of drug-likeness (QED) is 0.223. The second-order valence-corrected chi connectivity index (χ2v) is 10.5. The van der Waals surface area contributed by atoms with Crippen molar-refractivity contribution in [2.45, 2.75) is 25.4 Å². The normalized spacial score (nSPS) is 16.5. The van der Waals surface area contributed by atoms with E-state index in [4.69, 9.17) is 15.3 Å². The van der Waals surface area contributed by atoms with Crippen LogP contribution in [0, 0.1) is 0 Å². The summed E-state index contributed by atoms with van der Waals surface area (Å²) in [5.41, 5.74) is 7.11. The number of ether oxygens (including phenoxy) is 1. The predicted molar refractivity (Wildman–Crippen MR) is 138 cm³/mol. The Morgan fingerprint density at radius 1 is 1.22 bits per heavy atom. The molecule has 1 aliphatic carbocycles. The molecule has 0 unspecified atom stereocenters. The smallest absolute Gasteiger partial charge is 0.322 e. The number of oxime groups is 1. The van der Waals surface area contributed by atoms with Gasteiger partial charge in [0.05, 0.1) is 29.9 Å². The highest BCUT2D eigenvalue weighted by Crippen LogP contribution is 2.25. The molecule has 2 aromatic rings. The van der Waals surface area contributed by atoms with Gasteiger partial charge in [0.2, 0.25) is 15.9 Å². The maximum atomic E-state index is 12.8. The molecular weight excluding hydrogens is 502 g/mol. The molecule has 0 aromatic carbocycles. The van der Waals surface area contributed by atoms with Gasteiger partial charge in [-0.15, -0.1) is 0 Å². The molecule has 4 N–H and O–H groups in total. The second-order valence-electron chi connectivity index (χ2n) is 8.69. The summed E-state index contributed by atoms with van der Waals surface area (Å²) in [7, 11) is -3.29. The van der Waals surface area contributed by atoms with Crippen molar-refractivity contribution in [3.8, 4) is 5.88 Å². The molecule has 0 atom stereocenters. The van der Waals surface area contributed by atoms with Crippen molar-refractivity contribution in [2.75, 3.05) is 61.5 Å². The van der Waals surface area contributed by atoms with Gasteiger partial charge in [0.25, 0.3) is 0 Å². The number of pyridine rings is 1. The summed E-state index contributed by atoms with van der Waals surface area (Å²) >= 11 is 0. The largest absolute Gasteiger partial charge is 0.474 e. The van der Waals surface area contributed by atoms with E-state index in [9.17, 15) is 13.2 Å². The molecule has 0 spiro atoms. The summed E-state index contributed by atoms with van der Waals surface area (Å²) in [4.78, 5) is 34.2. The first kappa shape index (κ1) is 26.3. The number of piperazine rings is 1. The van der Waals surface area contributed by atoms with Crippen molar-refractivity contribution in [1.29, 1.82) is 0 Å². The third-order valence-electron chi connectivity index (χ3n) is 5.90. The summed E-state index contributed by atoms with van der Waals surface area (Å²) < 4.78 is 30.2. The van der Waals surface area contributed by atoms with Crippen molar-refractivity contribution >= 4 is 39.6 Å². The van der Waals surface area contributed by atoms with Crippen molar-refractivity contribution in [3.05, 3.63) is 30.2 Å². The molecule has 1 saturated heterocycles. The van der Waals surface area contributed by atoms with Gasteiger partial charge in [0.15, 0.2) is 0 Å². The van der Waals surface area contributed by atoms with Crippen LogP contribution in [0.5, 0.6) is 5.88 Å². The molecule has 0 bridgehead atoms. The molecule has 1 saturated carbocycles. The minimum atomic E-state index is -3.29. The van der Waals surface area contributed by atoms with Gasteiger partial charge in [-0.2, -0.15) is 0 Å². The van der Waals surface area contributed by atoms with Gasteiger partial charge in [-0.25, -0.2) is 32.9 Å². The highest BCUT2D eigenvalue weighted by molar-refractivity contribution is 7.88. The lowest BCUT2D eigenvalue weighted by atomic mass is 9.96. The lowest BCUT2D eigenvalue weighted by Crippen LogP contribution is -2.50. The van der Waals surface area contributed by atoms with E-state index in [0.717, 1.165) is 19.1 Å². The van der Waals surface area contributed by atoms with Gasteiger partial charge < -0.3 is 30.4 Å². The lowest BCUT2D eigenvalue weighted by Gasteiger charge is -2.35. The van der Waals surface area contributed by atoms with Crippen LogP contribution < -0.4 is 25.4 Å². The number of carbonyl (C=O) groups excluding carboxylic acids is 1. The number of rotatable bonds is 10. The van der Waals surface area contributed by atoms with E-state index < -0.39 is 10.0 Å².